The third-order valence-corrected chi connectivity index (χ3v) is 3.44. The number of hydrogen-bond donors (Lipinski definition) is 2. The van der Waals surface area contributed by atoms with Crippen LogP contribution >= 0.6 is 11.8 Å². The third kappa shape index (κ3) is 4.16. The molecule has 0 aliphatic carbocycles. The molecule has 1 heterocycles. The summed E-state index contributed by atoms with van der Waals surface area (Å²) in [5.74, 6) is -0.786. The molecule has 0 spiro atoms. The van der Waals surface area contributed by atoms with Crippen LogP contribution in [-0.2, 0) is 12.3 Å². The predicted octanol–water partition coefficient (Wildman–Crippen LogP) is 4.36. The molecule has 0 fully saturated rings. The van der Waals surface area contributed by atoms with Crippen LogP contribution in [0.5, 0.6) is 5.75 Å². The molecule has 108 valence electrons. The van der Waals surface area contributed by atoms with Crippen LogP contribution in [-0.4, -0.2) is 10.9 Å². The lowest BCUT2D eigenvalue weighted by Crippen LogP contribution is -1.99. The number of anilines is 1. The van der Waals surface area contributed by atoms with Crippen LogP contribution in [0.3, 0.4) is 0 Å². The molecule has 3 nitrogen and oxygen atoms in total. The predicted molar refractivity (Wildman–Crippen MR) is 76.2 cm³/mol. The van der Waals surface area contributed by atoms with Crippen molar-refractivity contribution < 1.29 is 18.3 Å². The highest BCUT2D eigenvalue weighted by Crippen LogP contribution is 2.23. The van der Waals surface area contributed by atoms with E-state index in [1.807, 2.05) is 6.92 Å². The van der Waals surface area contributed by atoms with Gasteiger partial charge in [0.2, 0.25) is 0 Å². The number of furan rings is 1. The van der Waals surface area contributed by atoms with E-state index in [0.29, 0.717) is 29.8 Å². The highest BCUT2D eigenvalue weighted by Gasteiger charge is 2.07. The molecule has 20 heavy (non-hydrogen) atoms. The first-order valence-electron chi connectivity index (χ1n) is 6.05. The minimum absolute atomic E-state index is 0.163. The second kappa shape index (κ2) is 6.65. The van der Waals surface area contributed by atoms with Crippen molar-refractivity contribution in [2.45, 2.75) is 25.0 Å². The van der Waals surface area contributed by atoms with Gasteiger partial charge in [0.15, 0.2) is 0 Å². The van der Waals surface area contributed by atoms with Crippen LogP contribution in [0.15, 0.2) is 34.7 Å². The molecule has 0 amide bonds. The highest BCUT2D eigenvalue weighted by molar-refractivity contribution is 7.98. The minimum Gasteiger partial charge on any atom is -0.508 e. The Labute approximate surface area is 120 Å². The molecule has 0 saturated heterocycles. The molecule has 6 heteroatoms. The average Bonchev–Trinajstić information content (AvgIpc) is 2.83. The van der Waals surface area contributed by atoms with Crippen molar-refractivity contribution in [1.82, 2.24) is 0 Å². The molecule has 0 aliphatic heterocycles. The van der Waals surface area contributed by atoms with Crippen molar-refractivity contribution in [2.24, 2.45) is 0 Å². The Morgan fingerprint density at radius 1 is 1.25 bits per heavy atom. The molecule has 0 aliphatic rings. The summed E-state index contributed by atoms with van der Waals surface area (Å²) in [5, 5.41) is 12.5. The van der Waals surface area contributed by atoms with Gasteiger partial charge in [-0.15, -0.1) is 0 Å². The molecule has 2 rings (SSSR count). The number of phenolic OH excluding ortho intramolecular Hbond substituents is 1. The van der Waals surface area contributed by atoms with Gasteiger partial charge in [-0.3, -0.25) is 0 Å². The Hall–Kier alpha value is -1.69. The van der Waals surface area contributed by atoms with Crippen LogP contribution in [0.25, 0.3) is 0 Å². The second-order valence-electron chi connectivity index (χ2n) is 4.29. The Balaban J connectivity index is 1.90. The van der Waals surface area contributed by atoms with Gasteiger partial charge in [-0.25, -0.2) is 0 Å². The lowest BCUT2D eigenvalue weighted by atomic mass is 10.2. The van der Waals surface area contributed by atoms with E-state index < -0.39 is 5.76 Å². The van der Waals surface area contributed by atoms with Crippen molar-refractivity contribution in [3.63, 3.8) is 0 Å². The summed E-state index contributed by atoms with van der Waals surface area (Å²) in [6, 6.07) is 8.51. The number of hydrogen-bond acceptors (Lipinski definition) is 4. The van der Waals surface area contributed by atoms with E-state index in [9.17, 15) is 13.9 Å². The maximum absolute atomic E-state index is 12.1. The zero-order valence-corrected chi connectivity index (χ0v) is 11.7. The quantitative estimate of drug-likeness (QED) is 0.778. The molecule has 1 aromatic carbocycles. The van der Waals surface area contributed by atoms with E-state index in [1.54, 1.807) is 30.3 Å². The number of thioether (sulfide) groups is 1. The van der Waals surface area contributed by atoms with Gasteiger partial charge in [-0.2, -0.15) is 8.78 Å². The minimum atomic E-state index is -2.39. The van der Waals surface area contributed by atoms with Gasteiger partial charge in [-0.05, 0) is 42.8 Å². The molecule has 0 atom stereocenters. The third-order valence-electron chi connectivity index (χ3n) is 2.73. The zero-order chi connectivity index (χ0) is 14.5. The van der Waals surface area contributed by atoms with Crippen molar-refractivity contribution in [1.29, 1.82) is 0 Å². The number of halogens is 2. The van der Waals surface area contributed by atoms with Crippen LogP contribution in [0, 0.1) is 6.92 Å². The van der Waals surface area contributed by atoms with Gasteiger partial charge in [-0.1, -0.05) is 11.8 Å². The van der Waals surface area contributed by atoms with Gasteiger partial charge in [0, 0.05) is 5.69 Å². The number of nitrogens with one attached hydrogen (secondary N) is 1. The molecule has 0 radical (unpaired) electrons. The number of alkyl halides is 2. The van der Waals surface area contributed by atoms with E-state index in [1.165, 1.54) is 0 Å². The number of benzene rings is 1. The lowest BCUT2D eigenvalue weighted by molar-refractivity contribution is 0.251. The van der Waals surface area contributed by atoms with Gasteiger partial charge >= 0.3 is 0 Å². The first-order chi connectivity index (χ1) is 9.54. The zero-order valence-electron chi connectivity index (χ0n) is 10.9. The molecule has 0 unspecified atom stereocenters. The van der Waals surface area contributed by atoms with Crippen molar-refractivity contribution in [3.8, 4) is 5.75 Å². The fourth-order valence-corrected chi connectivity index (χ4v) is 2.21. The second-order valence-corrected chi connectivity index (χ2v) is 5.27. The van der Waals surface area contributed by atoms with Crippen molar-refractivity contribution in [3.05, 3.63) is 47.4 Å². The molecule has 2 N–H and O–H groups in total. The smallest absolute Gasteiger partial charge is 0.284 e. The Kier molecular flexibility index (Phi) is 4.89. The summed E-state index contributed by atoms with van der Waals surface area (Å²) < 4.78 is 29.6. The Bertz CT molecular complexity index is 572. The average molecular weight is 299 g/mol. The summed E-state index contributed by atoms with van der Waals surface area (Å²) in [6.45, 7) is 2.35. The summed E-state index contributed by atoms with van der Waals surface area (Å²) in [6.07, 6.45) is 0. The number of aryl methyl sites for hydroxylation is 1. The van der Waals surface area contributed by atoms with E-state index in [0.717, 1.165) is 11.3 Å². The first kappa shape index (κ1) is 14.7. The fraction of sp³-hybridized carbons (Fsp3) is 0.286. The standard InChI is InChI=1S/C14H15F2NO2S/c1-9-6-10(18)2-5-13(9)17-7-11-3-4-12(19-11)8-20-14(15)16/h2-6,14,17-18H,7-8H2,1H3. The Morgan fingerprint density at radius 2 is 2.00 bits per heavy atom. The summed E-state index contributed by atoms with van der Waals surface area (Å²) in [4.78, 5) is 0. The van der Waals surface area contributed by atoms with Crippen molar-refractivity contribution in [2.75, 3.05) is 5.32 Å². The van der Waals surface area contributed by atoms with Gasteiger partial charge in [0.1, 0.15) is 17.3 Å². The summed E-state index contributed by atoms with van der Waals surface area (Å²) in [7, 11) is 0. The molecule has 0 saturated carbocycles. The maximum Gasteiger partial charge on any atom is 0.284 e. The van der Waals surface area contributed by atoms with Crippen LogP contribution in [0.1, 0.15) is 17.1 Å². The van der Waals surface area contributed by atoms with E-state index >= 15 is 0 Å². The van der Waals surface area contributed by atoms with E-state index in [2.05, 4.69) is 5.32 Å². The lowest BCUT2D eigenvalue weighted by Gasteiger charge is -2.08. The van der Waals surface area contributed by atoms with E-state index in [4.69, 9.17) is 4.42 Å². The highest BCUT2D eigenvalue weighted by atomic mass is 32.2. The van der Waals surface area contributed by atoms with E-state index in [-0.39, 0.29) is 11.5 Å². The molecule has 1 aromatic heterocycles. The maximum atomic E-state index is 12.1. The summed E-state index contributed by atoms with van der Waals surface area (Å²) >= 11 is 0.541. The Morgan fingerprint density at radius 3 is 2.70 bits per heavy atom. The monoisotopic (exact) mass is 299 g/mol. The molecule has 2 aromatic rings. The van der Waals surface area contributed by atoms with Crippen LogP contribution in [0.4, 0.5) is 14.5 Å². The summed E-state index contributed by atoms with van der Waals surface area (Å²) in [5.41, 5.74) is 1.81. The number of rotatable bonds is 6. The van der Waals surface area contributed by atoms with Gasteiger partial charge in [0.05, 0.1) is 12.3 Å². The largest absolute Gasteiger partial charge is 0.508 e. The molecular weight excluding hydrogens is 284 g/mol. The topological polar surface area (TPSA) is 45.4 Å². The fourth-order valence-electron chi connectivity index (χ4n) is 1.77. The molecule has 0 bridgehead atoms. The number of aromatic hydroxyl groups is 1. The van der Waals surface area contributed by atoms with Gasteiger partial charge in [0.25, 0.3) is 5.76 Å². The number of phenols is 1. The normalized spacial score (nSPS) is 11.0. The SMILES string of the molecule is Cc1cc(O)ccc1NCc1ccc(CSC(F)F)o1. The first-order valence-corrected chi connectivity index (χ1v) is 7.10. The van der Waals surface area contributed by atoms with Crippen LogP contribution < -0.4 is 5.32 Å². The van der Waals surface area contributed by atoms with Crippen molar-refractivity contribution >= 4 is 17.4 Å². The molecular formula is C14H15F2NO2S. The van der Waals surface area contributed by atoms with Gasteiger partial charge < -0.3 is 14.8 Å². The van der Waals surface area contributed by atoms with Crippen LogP contribution in [0.2, 0.25) is 0 Å².